The van der Waals surface area contributed by atoms with E-state index in [4.69, 9.17) is 16.3 Å². The zero-order chi connectivity index (χ0) is 21.4. The topological polar surface area (TPSA) is 63.5 Å². The van der Waals surface area contributed by atoms with Gasteiger partial charge in [-0.15, -0.1) is 0 Å². The summed E-state index contributed by atoms with van der Waals surface area (Å²) < 4.78 is 8.17. The second-order valence-electron chi connectivity index (χ2n) is 10.7. The summed E-state index contributed by atoms with van der Waals surface area (Å²) in [7, 11) is 0. The number of amides is 2. The Morgan fingerprint density at radius 1 is 1.06 bits per heavy atom. The molecule has 2 amide bonds. The van der Waals surface area contributed by atoms with Gasteiger partial charge in [0.2, 0.25) is 0 Å². The van der Waals surface area contributed by atoms with E-state index in [9.17, 15) is 4.79 Å². The summed E-state index contributed by atoms with van der Waals surface area (Å²) in [5.74, 6) is 3.09. The third kappa shape index (κ3) is 3.28. The SMILES string of the molecule is O=C(N1CC(Oc2ccc(Cl)c(C3CC3)c2)C1)N1CC2(CC(n3cnc(C4CC4)n3)C2)C1. The van der Waals surface area contributed by atoms with E-state index in [1.54, 1.807) is 0 Å². The fourth-order valence-corrected chi connectivity index (χ4v) is 5.91. The number of ether oxygens (including phenoxy) is 1. The maximum atomic E-state index is 12.8. The molecule has 1 spiro atoms. The number of halogens is 1. The highest BCUT2D eigenvalue weighted by Gasteiger charge is 2.55. The number of benzene rings is 1. The Morgan fingerprint density at radius 2 is 1.81 bits per heavy atom. The van der Waals surface area contributed by atoms with Gasteiger partial charge in [-0.05, 0) is 68.2 Å². The highest BCUT2D eigenvalue weighted by atomic mass is 35.5. The summed E-state index contributed by atoms with van der Waals surface area (Å²) in [5, 5.41) is 5.52. The van der Waals surface area contributed by atoms with Crippen molar-refractivity contribution >= 4 is 17.6 Å². The number of likely N-dealkylation sites (tertiary alicyclic amines) is 2. The minimum absolute atomic E-state index is 0.0727. The summed E-state index contributed by atoms with van der Waals surface area (Å²) in [4.78, 5) is 21.2. The second-order valence-corrected chi connectivity index (χ2v) is 11.1. The minimum Gasteiger partial charge on any atom is -0.487 e. The lowest BCUT2D eigenvalue weighted by molar-refractivity contribution is -0.0816. The summed E-state index contributed by atoms with van der Waals surface area (Å²) in [6, 6.07) is 6.57. The molecule has 7 rings (SSSR count). The zero-order valence-corrected chi connectivity index (χ0v) is 18.9. The van der Waals surface area contributed by atoms with Crippen LogP contribution in [-0.2, 0) is 0 Å². The number of rotatable bonds is 5. The van der Waals surface area contributed by atoms with Crippen LogP contribution in [0.5, 0.6) is 5.75 Å². The van der Waals surface area contributed by atoms with Crippen molar-refractivity contribution < 1.29 is 9.53 Å². The molecular weight excluding hydrogens is 426 g/mol. The third-order valence-corrected chi connectivity index (χ3v) is 8.25. The van der Waals surface area contributed by atoms with Crippen LogP contribution in [0, 0.1) is 5.41 Å². The number of aromatic nitrogens is 3. The highest BCUT2D eigenvalue weighted by Crippen LogP contribution is 2.54. The van der Waals surface area contributed by atoms with Gasteiger partial charge in [0, 0.05) is 29.4 Å². The first-order valence-corrected chi connectivity index (χ1v) is 12.3. The lowest BCUT2D eigenvalue weighted by atomic mass is 9.61. The molecule has 32 heavy (non-hydrogen) atoms. The van der Waals surface area contributed by atoms with E-state index in [1.165, 1.54) is 31.2 Å². The van der Waals surface area contributed by atoms with E-state index in [2.05, 4.69) is 20.8 Å². The highest BCUT2D eigenvalue weighted by molar-refractivity contribution is 6.31. The lowest BCUT2D eigenvalue weighted by Crippen LogP contribution is -2.69. The molecule has 1 aromatic heterocycles. The first kappa shape index (κ1) is 19.2. The van der Waals surface area contributed by atoms with Crippen LogP contribution in [0.2, 0.25) is 5.02 Å². The molecule has 168 valence electrons. The van der Waals surface area contributed by atoms with Gasteiger partial charge < -0.3 is 14.5 Å². The van der Waals surface area contributed by atoms with Crippen LogP contribution in [0.15, 0.2) is 24.5 Å². The maximum absolute atomic E-state index is 12.8. The monoisotopic (exact) mass is 453 g/mol. The molecule has 0 radical (unpaired) electrons. The molecule has 0 unspecified atom stereocenters. The standard InChI is InChI=1S/C24H28ClN5O2/c25-21-6-5-18(7-20(21)15-1-2-15)32-19-10-28(11-19)23(31)29-12-24(13-29)8-17(9-24)30-14-26-22(27-30)16-3-4-16/h5-7,14-17,19H,1-4,8-13H2. The molecule has 2 aliphatic heterocycles. The molecule has 8 heteroatoms. The minimum atomic E-state index is 0.0727. The van der Waals surface area contributed by atoms with Gasteiger partial charge in [0.05, 0.1) is 19.1 Å². The van der Waals surface area contributed by atoms with Crippen molar-refractivity contribution in [3.05, 3.63) is 40.9 Å². The Hall–Kier alpha value is -2.28. The first-order chi connectivity index (χ1) is 15.6. The van der Waals surface area contributed by atoms with Gasteiger partial charge in [-0.1, -0.05) is 11.6 Å². The Balaban J connectivity index is 0.876. The average Bonchev–Trinajstić information content (AvgIpc) is 3.62. The van der Waals surface area contributed by atoms with Gasteiger partial charge in [-0.25, -0.2) is 14.5 Å². The van der Waals surface area contributed by atoms with Gasteiger partial charge in [-0.2, -0.15) is 5.10 Å². The van der Waals surface area contributed by atoms with Crippen molar-refractivity contribution in [2.24, 2.45) is 5.41 Å². The normalized spacial score (nSPS) is 24.8. The Morgan fingerprint density at radius 3 is 2.53 bits per heavy atom. The number of hydrogen-bond acceptors (Lipinski definition) is 4. The molecule has 0 bridgehead atoms. The van der Waals surface area contributed by atoms with Crippen LogP contribution >= 0.6 is 11.6 Å². The van der Waals surface area contributed by atoms with Crippen molar-refractivity contribution in [3.8, 4) is 5.75 Å². The van der Waals surface area contributed by atoms with Crippen molar-refractivity contribution in [2.45, 2.75) is 62.5 Å². The van der Waals surface area contributed by atoms with E-state index < -0.39 is 0 Å². The van der Waals surface area contributed by atoms with E-state index in [1.807, 2.05) is 28.3 Å². The van der Waals surface area contributed by atoms with Crippen molar-refractivity contribution in [1.29, 1.82) is 0 Å². The summed E-state index contributed by atoms with van der Waals surface area (Å²) in [6.45, 7) is 3.07. The van der Waals surface area contributed by atoms with Crippen molar-refractivity contribution in [3.63, 3.8) is 0 Å². The van der Waals surface area contributed by atoms with Crippen LogP contribution in [0.1, 0.15) is 67.8 Å². The molecule has 2 saturated heterocycles. The molecule has 3 saturated carbocycles. The molecule has 1 aromatic carbocycles. The Labute approximate surface area is 192 Å². The summed E-state index contributed by atoms with van der Waals surface area (Å²) in [5.41, 5.74) is 1.51. The summed E-state index contributed by atoms with van der Waals surface area (Å²) in [6.07, 6.45) is 9.09. The number of nitrogens with zero attached hydrogens (tertiary/aromatic N) is 5. The van der Waals surface area contributed by atoms with E-state index in [-0.39, 0.29) is 12.1 Å². The van der Waals surface area contributed by atoms with E-state index in [0.29, 0.717) is 36.4 Å². The van der Waals surface area contributed by atoms with Gasteiger partial charge in [0.1, 0.15) is 18.2 Å². The molecule has 3 aliphatic carbocycles. The van der Waals surface area contributed by atoms with E-state index >= 15 is 0 Å². The number of carbonyl (C=O) groups is 1. The summed E-state index contributed by atoms with van der Waals surface area (Å²) >= 11 is 6.32. The maximum Gasteiger partial charge on any atom is 0.320 e. The molecule has 5 fully saturated rings. The number of hydrogen-bond donors (Lipinski definition) is 0. The van der Waals surface area contributed by atoms with Gasteiger partial charge >= 0.3 is 6.03 Å². The molecule has 3 heterocycles. The van der Waals surface area contributed by atoms with Gasteiger partial charge in [0.25, 0.3) is 0 Å². The fraction of sp³-hybridized carbons (Fsp3) is 0.625. The molecule has 5 aliphatic rings. The molecule has 0 N–H and O–H groups in total. The van der Waals surface area contributed by atoms with Crippen LogP contribution in [0.3, 0.4) is 0 Å². The Kier molecular flexibility index (Phi) is 4.12. The first-order valence-electron chi connectivity index (χ1n) is 12.0. The van der Waals surface area contributed by atoms with Gasteiger partial charge in [0.15, 0.2) is 5.82 Å². The predicted octanol–water partition coefficient (Wildman–Crippen LogP) is 4.21. The van der Waals surface area contributed by atoms with Crippen molar-refractivity contribution in [2.75, 3.05) is 26.2 Å². The number of urea groups is 1. The van der Waals surface area contributed by atoms with Crippen molar-refractivity contribution in [1.82, 2.24) is 24.6 Å². The quantitative estimate of drug-likeness (QED) is 0.680. The Bertz CT molecular complexity index is 1060. The van der Waals surface area contributed by atoms with Crippen LogP contribution in [0.25, 0.3) is 0 Å². The molecule has 0 atom stereocenters. The number of carbonyl (C=O) groups excluding carboxylic acids is 1. The average molecular weight is 454 g/mol. The second kappa shape index (κ2) is 6.86. The largest absolute Gasteiger partial charge is 0.487 e. The lowest BCUT2D eigenvalue weighted by Gasteiger charge is -2.59. The van der Waals surface area contributed by atoms with Crippen LogP contribution < -0.4 is 4.74 Å². The fourth-order valence-electron chi connectivity index (χ4n) is 5.64. The predicted molar refractivity (Wildman–Crippen MR) is 119 cm³/mol. The van der Waals surface area contributed by atoms with Crippen LogP contribution in [-0.4, -0.2) is 62.9 Å². The van der Waals surface area contributed by atoms with Gasteiger partial charge in [-0.3, -0.25) is 0 Å². The zero-order valence-electron chi connectivity index (χ0n) is 18.1. The smallest absolute Gasteiger partial charge is 0.320 e. The van der Waals surface area contributed by atoms with Crippen LogP contribution in [0.4, 0.5) is 4.79 Å². The molecule has 7 nitrogen and oxygen atoms in total. The molecule has 2 aromatic rings. The van der Waals surface area contributed by atoms with E-state index in [0.717, 1.165) is 42.5 Å². The third-order valence-electron chi connectivity index (χ3n) is 7.91. The molecular formula is C24H28ClN5O2.